The minimum atomic E-state index is -3.45. The molecule has 0 fully saturated rings. The van der Waals surface area contributed by atoms with Gasteiger partial charge < -0.3 is 10.1 Å². The van der Waals surface area contributed by atoms with Crippen molar-refractivity contribution in [3.8, 4) is 0 Å². The zero-order valence-corrected chi connectivity index (χ0v) is 16.3. The lowest BCUT2D eigenvalue weighted by molar-refractivity contribution is 0.0931. The Morgan fingerprint density at radius 3 is 2.74 bits per heavy atom. The summed E-state index contributed by atoms with van der Waals surface area (Å²) in [5.74, 6) is -0.315. The summed E-state index contributed by atoms with van der Waals surface area (Å²) in [5.41, 5.74) is 3.02. The van der Waals surface area contributed by atoms with Crippen LogP contribution in [0.15, 0.2) is 30.3 Å². The fraction of sp³-hybridized carbons (Fsp3) is 0.444. The summed E-state index contributed by atoms with van der Waals surface area (Å²) in [6.07, 6.45) is 0.505. The Kier molecular flexibility index (Phi) is 5.93. The summed E-state index contributed by atoms with van der Waals surface area (Å²) >= 11 is 0. The van der Waals surface area contributed by atoms with Gasteiger partial charge in [0.1, 0.15) is 5.69 Å². The van der Waals surface area contributed by atoms with E-state index in [1.54, 1.807) is 17.9 Å². The molecule has 0 saturated carbocycles. The van der Waals surface area contributed by atoms with Gasteiger partial charge in [-0.05, 0) is 18.6 Å². The highest BCUT2D eigenvalue weighted by atomic mass is 32.2. The molecule has 27 heavy (non-hydrogen) atoms. The van der Waals surface area contributed by atoms with Crippen molar-refractivity contribution in [2.45, 2.75) is 31.7 Å². The van der Waals surface area contributed by atoms with Gasteiger partial charge in [-0.2, -0.15) is 5.10 Å². The Balaban J connectivity index is 1.56. The van der Waals surface area contributed by atoms with Crippen LogP contribution in [-0.4, -0.2) is 50.4 Å². The van der Waals surface area contributed by atoms with Gasteiger partial charge in [-0.3, -0.25) is 9.48 Å². The molecular formula is C18H24N4O4S. The van der Waals surface area contributed by atoms with E-state index in [9.17, 15) is 13.2 Å². The fourth-order valence-corrected chi connectivity index (χ4v) is 4.43. The number of amides is 1. The first-order chi connectivity index (χ1) is 12.9. The monoisotopic (exact) mass is 392 g/mol. The normalized spacial score (nSPS) is 16.3. The van der Waals surface area contributed by atoms with Crippen molar-refractivity contribution in [1.29, 1.82) is 0 Å². The molecule has 1 atom stereocenters. The van der Waals surface area contributed by atoms with Gasteiger partial charge in [-0.1, -0.05) is 29.8 Å². The van der Waals surface area contributed by atoms with Crippen LogP contribution in [0, 0.1) is 6.92 Å². The van der Waals surface area contributed by atoms with E-state index in [4.69, 9.17) is 4.74 Å². The quantitative estimate of drug-likeness (QED) is 0.641. The second-order valence-corrected chi connectivity index (χ2v) is 8.47. The second kappa shape index (κ2) is 8.20. The summed E-state index contributed by atoms with van der Waals surface area (Å²) in [4.78, 5) is 12.0. The van der Waals surface area contributed by atoms with Crippen molar-refractivity contribution in [1.82, 2.24) is 19.8 Å². The van der Waals surface area contributed by atoms with E-state index in [2.05, 4.69) is 15.1 Å². The molecule has 2 aromatic rings. The van der Waals surface area contributed by atoms with Gasteiger partial charge in [0.25, 0.3) is 5.91 Å². The Hall–Kier alpha value is -2.23. The molecule has 9 heteroatoms. The van der Waals surface area contributed by atoms with E-state index in [0.29, 0.717) is 31.8 Å². The Morgan fingerprint density at radius 2 is 2.07 bits per heavy atom. The van der Waals surface area contributed by atoms with Crippen molar-refractivity contribution < 1.29 is 17.9 Å². The number of carbonyl (C=O) groups is 1. The molecule has 2 N–H and O–H groups in total. The number of aromatic nitrogens is 2. The van der Waals surface area contributed by atoms with E-state index in [-0.39, 0.29) is 17.7 Å². The van der Waals surface area contributed by atoms with Gasteiger partial charge >= 0.3 is 0 Å². The minimum absolute atomic E-state index is 0.0563. The highest BCUT2D eigenvalue weighted by Gasteiger charge is 2.28. The standard InChI is InChI=1S/C18H24N4O4S/c1-13-3-5-14(6-4-13)12-27(24,25)21-15-9-16-10-17(20-22(16)11-15)18(23)19-7-8-26-2/h3-6,10,15,21H,7-9,11-12H2,1-2H3,(H,19,23). The lowest BCUT2D eigenvalue weighted by atomic mass is 10.2. The Bertz CT molecular complexity index is 882. The van der Waals surface area contributed by atoms with Crippen LogP contribution in [0.2, 0.25) is 0 Å². The van der Waals surface area contributed by atoms with Crippen molar-refractivity contribution in [2.24, 2.45) is 0 Å². The molecule has 0 radical (unpaired) electrons. The van der Waals surface area contributed by atoms with Gasteiger partial charge in [0.15, 0.2) is 0 Å². The minimum Gasteiger partial charge on any atom is -0.383 e. The molecule has 0 aliphatic carbocycles. The van der Waals surface area contributed by atoms with E-state index < -0.39 is 10.0 Å². The number of sulfonamides is 1. The van der Waals surface area contributed by atoms with Crippen LogP contribution in [0.3, 0.4) is 0 Å². The van der Waals surface area contributed by atoms with Gasteiger partial charge in [-0.25, -0.2) is 13.1 Å². The number of fused-ring (bicyclic) bond motifs is 1. The van der Waals surface area contributed by atoms with Crippen LogP contribution in [0.25, 0.3) is 0 Å². The zero-order valence-electron chi connectivity index (χ0n) is 15.4. The number of carbonyl (C=O) groups excluding carboxylic acids is 1. The molecule has 0 bridgehead atoms. The smallest absolute Gasteiger partial charge is 0.271 e. The van der Waals surface area contributed by atoms with Crippen molar-refractivity contribution >= 4 is 15.9 Å². The first kappa shape index (κ1) is 19.5. The van der Waals surface area contributed by atoms with Crippen LogP contribution in [0.4, 0.5) is 0 Å². The number of aryl methyl sites for hydroxylation is 1. The van der Waals surface area contributed by atoms with Crippen molar-refractivity contribution in [3.63, 3.8) is 0 Å². The molecule has 1 unspecified atom stereocenters. The molecule has 1 aliphatic heterocycles. The molecule has 1 amide bonds. The molecule has 0 saturated heterocycles. The number of hydrogen-bond acceptors (Lipinski definition) is 5. The summed E-state index contributed by atoms with van der Waals surface area (Å²) < 4.78 is 34.2. The highest BCUT2D eigenvalue weighted by molar-refractivity contribution is 7.88. The Morgan fingerprint density at radius 1 is 1.33 bits per heavy atom. The van der Waals surface area contributed by atoms with Crippen LogP contribution in [0.1, 0.15) is 27.3 Å². The average molecular weight is 392 g/mol. The third-order valence-corrected chi connectivity index (χ3v) is 5.77. The lowest BCUT2D eigenvalue weighted by Crippen LogP contribution is -2.37. The highest BCUT2D eigenvalue weighted by Crippen LogP contribution is 2.17. The average Bonchev–Trinajstić information content (AvgIpc) is 3.14. The molecule has 1 aromatic heterocycles. The van der Waals surface area contributed by atoms with E-state index >= 15 is 0 Å². The Labute approximate surface area is 159 Å². The van der Waals surface area contributed by atoms with E-state index in [1.807, 2.05) is 31.2 Å². The largest absolute Gasteiger partial charge is 0.383 e. The topological polar surface area (TPSA) is 102 Å². The molecule has 1 aliphatic rings. The van der Waals surface area contributed by atoms with Crippen molar-refractivity contribution in [2.75, 3.05) is 20.3 Å². The number of benzene rings is 1. The molecule has 1 aromatic carbocycles. The predicted octanol–water partition coefficient (Wildman–Crippen LogP) is 0.612. The first-order valence-electron chi connectivity index (χ1n) is 8.76. The molecule has 2 heterocycles. The van der Waals surface area contributed by atoms with Gasteiger partial charge in [-0.15, -0.1) is 0 Å². The molecule has 3 rings (SSSR count). The van der Waals surface area contributed by atoms with Crippen molar-refractivity contribution in [3.05, 3.63) is 52.8 Å². The number of nitrogens with zero attached hydrogens (tertiary/aromatic N) is 2. The number of methoxy groups -OCH3 is 1. The maximum Gasteiger partial charge on any atom is 0.271 e. The maximum atomic E-state index is 12.4. The summed E-state index contributed by atoms with van der Waals surface area (Å²) in [6, 6.07) is 8.89. The van der Waals surface area contributed by atoms with Gasteiger partial charge in [0.2, 0.25) is 10.0 Å². The molecule has 0 spiro atoms. The SMILES string of the molecule is COCCNC(=O)c1cc2n(n1)CC(NS(=O)(=O)Cc1ccc(C)cc1)C2. The van der Waals surface area contributed by atoms with Crippen LogP contribution < -0.4 is 10.0 Å². The van der Waals surface area contributed by atoms with E-state index in [1.165, 1.54) is 0 Å². The predicted molar refractivity (Wildman–Crippen MR) is 101 cm³/mol. The van der Waals surface area contributed by atoms with Gasteiger partial charge in [0, 0.05) is 31.8 Å². The third-order valence-electron chi connectivity index (χ3n) is 4.36. The maximum absolute atomic E-state index is 12.4. The lowest BCUT2D eigenvalue weighted by Gasteiger charge is -2.12. The first-order valence-corrected chi connectivity index (χ1v) is 10.4. The molecular weight excluding hydrogens is 368 g/mol. The number of nitrogens with one attached hydrogen (secondary N) is 2. The number of ether oxygens (including phenoxy) is 1. The third kappa shape index (κ3) is 5.15. The number of rotatable bonds is 8. The van der Waals surface area contributed by atoms with E-state index in [0.717, 1.165) is 16.8 Å². The van der Waals surface area contributed by atoms with Crippen LogP contribution >= 0.6 is 0 Å². The second-order valence-electron chi connectivity index (χ2n) is 6.72. The number of hydrogen-bond donors (Lipinski definition) is 2. The summed E-state index contributed by atoms with van der Waals surface area (Å²) in [5, 5.41) is 6.99. The zero-order chi connectivity index (χ0) is 19.4. The summed E-state index contributed by atoms with van der Waals surface area (Å²) in [7, 11) is -1.89. The fourth-order valence-electron chi connectivity index (χ4n) is 3.05. The molecule has 8 nitrogen and oxygen atoms in total. The molecule has 146 valence electrons. The summed E-state index contributed by atoms with van der Waals surface area (Å²) in [6.45, 7) is 3.22. The van der Waals surface area contributed by atoms with Gasteiger partial charge in [0.05, 0.1) is 18.9 Å². The van der Waals surface area contributed by atoms with Crippen LogP contribution in [-0.2, 0) is 33.5 Å². The van der Waals surface area contributed by atoms with Crippen LogP contribution in [0.5, 0.6) is 0 Å².